The molecule has 5 nitrogen and oxygen atoms in total. The van der Waals surface area contributed by atoms with Crippen LogP contribution in [0.4, 0.5) is 0 Å². The molecule has 0 atom stereocenters. The summed E-state index contributed by atoms with van der Waals surface area (Å²) in [5.74, 6) is -0.986. The average Bonchev–Trinajstić information content (AvgIpc) is 2.27. The zero-order valence-electron chi connectivity index (χ0n) is 8.52. The number of rotatable bonds is 7. The first kappa shape index (κ1) is 13.5. The highest BCUT2D eigenvalue weighted by atomic mass is 16.5. The van der Waals surface area contributed by atoms with Crippen LogP contribution in [0.15, 0.2) is 25.3 Å². The maximum absolute atomic E-state index is 11.2. The van der Waals surface area contributed by atoms with Gasteiger partial charge < -0.3 is 9.84 Å². The second-order valence-corrected chi connectivity index (χ2v) is 2.57. The van der Waals surface area contributed by atoms with Crippen molar-refractivity contribution in [3.63, 3.8) is 0 Å². The molecule has 0 spiro atoms. The molecule has 0 aromatic rings. The number of aliphatic hydroxyl groups is 1. The third-order valence-electron chi connectivity index (χ3n) is 1.58. The maximum Gasteiger partial charge on any atom is 0.252 e. The number of hydrogen-bond acceptors (Lipinski definition) is 4. The highest BCUT2D eigenvalue weighted by Crippen LogP contribution is 1.94. The van der Waals surface area contributed by atoms with Crippen LogP contribution in [-0.2, 0) is 14.3 Å². The molecular formula is C10H15NO4. The Labute approximate surface area is 88.6 Å². The van der Waals surface area contributed by atoms with Crippen molar-refractivity contribution < 1.29 is 19.4 Å². The summed E-state index contributed by atoms with van der Waals surface area (Å²) in [7, 11) is 0. The summed E-state index contributed by atoms with van der Waals surface area (Å²) in [5.41, 5.74) is 0. The Morgan fingerprint density at radius 1 is 1.20 bits per heavy atom. The lowest BCUT2D eigenvalue weighted by molar-refractivity contribution is -0.139. The number of hydrogen-bond donors (Lipinski definition) is 1. The lowest BCUT2D eigenvalue weighted by atomic mass is 10.4. The van der Waals surface area contributed by atoms with Gasteiger partial charge in [0.15, 0.2) is 0 Å². The lowest BCUT2D eigenvalue weighted by Gasteiger charge is -2.16. The van der Waals surface area contributed by atoms with Crippen LogP contribution >= 0.6 is 0 Å². The molecule has 1 N–H and O–H groups in total. The van der Waals surface area contributed by atoms with Crippen molar-refractivity contribution in [2.75, 3.05) is 26.4 Å². The first-order valence-electron chi connectivity index (χ1n) is 4.46. The number of amides is 2. The van der Waals surface area contributed by atoms with Gasteiger partial charge in [0, 0.05) is 0 Å². The fourth-order valence-corrected chi connectivity index (χ4v) is 0.872. The summed E-state index contributed by atoms with van der Waals surface area (Å²) in [4.78, 5) is 23.4. The second-order valence-electron chi connectivity index (χ2n) is 2.57. The van der Waals surface area contributed by atoms with Crippen molar-refractivity contribution >= 4 is 11.8 Å². The minimum Gasteiger partial charge on any atom is -0.394 e. The van der Waals surface area contributed by atoms with Crippen LogP contribution in [0.3, 0.4) is 0 Å². The van der Waals surface area contributed by atoms with E-state index in [0.717, 1.165) is 17.1 Å². The SMILES string of the molecule is C=CC(=O)N(CCOCCO)C(=O)C=C. The van der Waals surface area contributed by atoms with Gasteiger partial charge >= 0.3 is 0 Å². The number of aliphatic hydroxyl groups excluding tert-OH is 1. The van der Waals surface area contributed by atoms with E-state index in [1.54, 1.807) is 0 Å². The average molecular weight is 213 g/mol. The van der Waals surface area contributed by atoms with Gasteiger partial charge in [-0.2, -0.15) is 0 Å². The molecule has 0 unspecified atom stereocenters. The van der Waals surface area contributed by atoms with Crippen LogP contribution in [0, 0.1) is 0 Å². The van der Waals surface area contributed by atoms with Crippen molar-refractivity contribution in [3.8, 4) is 0 Å². The van der Waals surface area contributed by atoms with Crippen molar-refractivity contribution in [2.24, 2.45) is 0 Å². The van der Waals surface area contributed by atoms with Gasteiger partial charge in [-0.05, 0) is 12.2 Å². The van der Waals surface area contributed by atoms with Gasteiger partial charge in [0.1, 0.15) is 0 Å². The molecule has 0 radical (unpaired) electrons. The summed E-state index contributed by atoms with van der Waals surface area (Å²) in [6.45, 7) is 6.96. The number of imide groups is 1. The summed E-state index contributed by atoms with van der Waals surface area (Å²) in [6, 6.07) is 0. The number of carbonyl (C=O) groups is 2. The molecule has 0 rings (SSSR count). The number of ether oxygens (including phenoxy) is 1. The molecule has 15 heavy (non-hydrogen) atoms. The Balaban J connectivity index is 4.13. The van der Waals surface area contributed by atoms with Crippen molar-refractivity contribution in [1.82, 2.24) is 4.90 Å². The molecule has 0 aromatic heterocycles. The van der Waals surface area contributed by atoms with Crippen LogP contribution < -0.4 is 0 Å². The molecule has 84 valence electrons. The number of nitrogens with zero attached hydrogens (tertiary/aromatic N) is 1. The third kappa shape index (κ3) is 5.09. The molecule has 5 heteroatoms. The minimum absolute atomic E-state index is 0.0925. The van der Waals surface area contributed by atoms with E-state index < -0.39 is 11.8 Å². The van der Waals surface area contributed by atoms with Crippen molar-refractivity contribution in [3.05, 3.63) is 25.3 Å². The highest BCUT2D eigenvalue weighted by molar-refractivity contribution is 6.04. The molecule has 0 heterocycles. The molecule has 0 fully saturated rings. The number of carbonyl (C=O) groups excluding carboxylic acids is 2. The minimum atomic E-state index is -0.493. The largest absolute Gasteiger partial charge is 0.394 e. The fraction of sp³-hybridized carbons (Fsp3) is 0.400. The van der Waals surface area contributed by atoms with E-state index in [1.165, 1.54) is 0 Å². The zero-order chi connectivity index (χ0) is 11.7. The quantitative estimate of drug-likeness (QED) is 0.466. The van der Waals surface area contributed by atoms with Crippen LogP contribution in [0.1, 0.15) is 0 Å². The molecule has 0 bridgehead atoms. The Kier molecular flexibility index (Phi) is 7.13. The normalized spacial score (nSPS) is 9.40. The van der Waals surface area contributed by atoms with Crippen LogP contribution in [0.5, 0.6) is 0 Å². The van der Waals surface area contributed by atoms with Crippen molar-refractivity contribution in [2.45, 2.75) is 0 Å². The molecule has 0 aliphatic carbocycles. The first-order valence-corrected chi connectivity index (χ1v) is 4.46. The molecule has 0 aromatic carbocycles. The molecule has 0 saturated carbocycles. The third-order valence-corrected chi connectivity index (χ3v) is 1.58. The Bertz CT molecular complexity index is 230. The van der Waals surface area contributed by atoms with Gasteiger partial charge in [-0.3, -0.25) is 14.5 Å². The lowest BCUT2D eigenvalue weighted by Crippen LogP contribution is -2.37. The Morgan fingerprint density at radius 3 is 2.13 bits per heavy atom. The highest BCUT2D eigenvalue weighted by Gasteiger charge is 2.15. The Hall–Kier alpha value is -1.46. The predicted molar refractivity (Wildman–Crippen MR) is 55.0 cm³/mol. The predicted octanol–water partition coefficient (Wildman–Crippen LogP) is -0.277. The van der Waals surface area contributed by atoms with E-state index in [0.29, 0.717) is 0 Å². The topological polar surface area (TPSA) is 66.8 Å². The molecular weight excluding hydrogens is 198 g/mol. The van der Waals surface area contributed by atoms with E-state index in [4.69, 9.17) is 9.84 Å². The van der Waals surface area contributed by atoms with E-state index in [9.17, 15) is 9.59 Å². The molecule has 0 saturated heterocycles. The summed E-state index contributed by atoms with van der Waals surface area (Å²) in [6.07, 6.45) is 2.10. The van der Waals surface area contributed by atoms with E-state index in [-0.39, 0.29) is 26.4 Å². The Morgan fingerprint density at radius 2 is 1.73 bits per heavy atom. The van der Waals surface area contributed by atoms with E-state index in [1.807, 2.05) is 0 Å². The van der Waals surface area contributed by atoms with Gasteiger partial charge in [0.25, 0.3) is 11.8 Å². The summed E-state index contributed by atoms with van der Waals surface area (Å²) < 4.78 is 4.94. The van der Waals surface area contributed by atoms with Crippen LogP contribution in [-0.4, -0.2) is 48.2 Å². The van der Waals surface area contributed by atoms with Crippen LogP contribution in [0.25, 0.3) is 0 Å². The van der Waals surface area contributed by atoms with Gasteiger partial charge in [-0.15, -0.1) is 0 Å². The van der Waals surface area contributed by atoms with E-state index >= 15 is 0 Å². The fourth-order valence-electron chi connectivity index (χ4n) is 0.872. The summed E-state index contributed by atoms with van der Waals surface area (Å²) >= 11 is 0. The van der Waals surface area contributed by atoms with Crippen molar-refractivity contribution in [1.29, 1.82) is 0 Å². The molecule has 0 aliphatic heterocycles. The smallest absolute Gasteiger partial charge is 0.252 e. The standard InChI is InChI=1S/C10H15NO4/c1-3-9(13)11(10(14)4-2)5-7-15-8-6-12/h3-4,12H,1-2,5-8H2. The van der Waals surface area contributed by atoms with Gasteiger partial charge in [0.2, 0.25) is 0 Å². The monoisotopic (exact) mass is 213 g/mol. The van der Waals surface area contributed by atoms with Gasteiger partial charge in [-0.25, -0.2) is 0 Å². The molecule has 0 aliphatic rings. The van der Waals surface area contributed by atoms with E-state index in [2.05, 4.69) is 13.2 Å². The molecule has 2 amide bonds. The zero-order valence-corrected chi connectivity index (χ0v) is 8.52. The van der Waals surface area contributed by atoms with Gasteiger partial charge in [0.05, 0.1) is 26.4 Å². The second kappa shape index (κ2) is 7.90. The van der Waals surface area contributed by atoms with Gasteiger partial charge in [-0.1, -0.05) is 13.2 Å². The summed E-state index contributed by atoms with van der Waals surface area (Å²) in [5, 5.41) is 8.44. The first-order chi connectivity index (χ1) is 7.17. The van der Waals surface area contributed by atoms with Crippen LogP contribution in [0.2, 0.25) is 0 Å². The maximum atomic E-state index is 11.2.